The fourth-order valence-corrected chi connectivity index (χ4v) is 0.119. The lowest BCUT2D eigenvalue weighted by Gasteiger charge is -1.79. The highest BCUT2D eigenvalue weighted by Crippen LogP contribution is 1.61. The van der Waals surface area contributed by atoms with Gasteiger partial charge in [-0.25, -0.2) is 4.79 Å². The van der Waals surface area contributed by atoms with Crippen LogP contribution in [-0.4, -0.2) is 11.1 Å². The largest absolute Gasteiger partial charge is 0.478 e. The number of nitrogens with one attached hydrogen (secondary N) is 1. The fourth-order valence-electron chi connectivity index (χ4n) is 0.119. The van der Waals surface area contributed by atoms with Gasteiger partial charge < -0.3 is 10.5 Å². The van der Waals surface area contributed by atoms with E-state index < -0.39 is 5.97 Å². The van der Waals surface area contributed by atoms with Crippen molar-refractivity contribution in [1.29, 1.82) is 0 Å². The van der Waals surface area contributed by atoms with Crippen LogP contribution in [0.2, 0.25) is 0 Å². The van der Waals surface area contributed by atoms with Gasteiger partial charge in [-0.1, -0.05) is 0 Å². The molecule has 0 aromatic rings. The summed E-state index contributed by atoms with van der Waals surface area (Å²) in [6.07, 6.45) is 2.03. The van der Waals surface area contributed by atoms with E-state index in [1.54, 1.807) is 0 Å². The molecule has 0 atom stereocenters. The molecule has 0 aromatic carbocycles. The maximum absolute atomic E-state index is 9.58. The highest BCUT2D eigenvalue weighted by Gasteiger charge is 1.79. The third kappa shape index (κ3) is 4.97. The van der Waals surface area contributed by atoms with Crippen molar-refractivity contribution in [3.8, 4) is 0 Å². The Morgan fingerprint density at radius 3 is 2.57 bits per heavy atom. The molecule has 0 heterocycles. The second kappa shape index (κ2) is 3.17. The Labute approximate surface area is 40.6 Å². The second-order valence-corrected chi connectivity index (χ2v) is 0.838. The van der Waals surface area contributed by atoms with Gasteiger partial charge in [0, 0.05) is 12.3 Å². The van der Waals surface area contributed by atoms with Crippen LogP contribution in [0.5, 0.6) is 0 Å². The average Bonchev–Trinajstić information content (AvgIpc) is 1.61. The topological polar surface area (TPSA) is 75.3 Å². The van der Waals surface area contributed by atoms with E-state index in [4.69, 9.17) is 5.11 Å². The van der Waals surface area contributed by atoms with Gasteiger partial charge in [-0.05, 0) is 0 Å². The first kappa shape index (κ1) is 5.97. The minimum atomic E-state index is -1.02. The van der Waals surface area contributed by atoms with Crippen LogP contribution >= 0.6 is 0 Å². The van der Waals surface area contributed by atoms with Crippen LogP contribution in [0, 0.1) is 0 Å². The molecule has 40 valence electrons. The van der Waals surface area contributed by atoms with Crippen LogP contribution in [0.4, 0.5) is 0 Å². The van der Waals surface area contributed by atoms with Crippen molar-refractivity contribution in [2.45, 2.75) is 0 Å². The second-order valence-electron chi connectivity index (χ2n) is 0.838. The predicted octanol–water partition coefficient (Wildman–Crippen LogP) is -0.952. The molecule has 0 aromatic heterocycles. The number of hydrogen-bond donors (Lipinski definition) is 3. The molecule has 4 N–H and O–H groups in total. The third-order valence-corrected chi connectivity index (χ3v) is 0.322. The molecule has 7 heavy (non-hydrogen) atoms. The first-order valence-corrected chi connectivity index (χ1v) is 1.63. The first-order chi connectivity index (χ1) is 3.27. The smallest absolute Gasteiger partial charge is 0.329 e. The number of carbonyl (C=O) groups is 1. The standard InChI is InChI=1S/C3H6N2O2/c4-5-2-1-3(6)7/h1-2,5H,4H2,(H,6,7). The van der Waals surface area contributed by atoms with Gasteiger partial charge in [0.15, 0.2) is 0 Å². The summed E-state index contributed by atoms with van der Waals surface area (Å²) in [7, 11) is 0. The Balaban J connectivity index is 3.26. The molecular weight excluding hydrogens is 96.0 g/mol. The number of aliphatic carboxylic acids is 1. The summed E-state index contributed by atoms with van der Waals surface area (Å²) in [4.78, 5) is 9.58. The highest BCUT2D eigenvalue weighted by atomic mass is 16.4. The van der Waals surface area contributed by atoms with Gasteiger partial charge in [-0.2, -0.15) is 0 Å². The molecule has 0 aliphatic carbocycles. The number of nitrogens with two attached hydrogens (primary N) is 1. The van der Waals surface area contributed by atoms with Gasteiger partial charge in [-0.15, -0.1) is 0 Å². The Morgan fingerprint density at radius 1 is 1.86 bits per heavy atom. The Kier molecular flexibility index (Phi) is 2.70. The zero-order valence-corrected chi connectivity index (χ0v) is 3.59. The maximum atomic E-state index is 9.58. The zero-order chi connectivity index (χ0) is 5.70. The minimum absolute atomic E-state index is 0.903. The lowest BCUT2D eigenvalue weighted by atomic mass is 10.6. The quantitative estimate of drug-likeness (QED) is 0.238. The van der Waals surface area contributed by atoms with E-state index in [0.29, 0.717) is 0 Å². The third-order valence-electron chi connectivity index (χ3n) is 0.322. The molecule has 0 unspecified atom stereocenters. The average molecular weight is 102 g/mol. The first-order valence-electron chi connectivity index (χ1n) is 1.63. The zero-order valence-electron chi connectivity index (χ0n) is 3.59. The summed E-state index contributed by atoms with van der Waals surface area (Å²) in [6, 6.07) is 0. The van der Waals surface area contributed by atoms with Crippen molar-refractivity contribution in [3.05, 3.63) is 12.3 Å². The summed E-state index contributed by atoms with van der Waals surface area (Å²) in [5.74, 6) is 3.66. The molecule has 0 bridgehead atoms. The molecule has 0 radical (unpaired) electrons. The normalized spacial score (nSPS) is 9.29. The van der Waals surface area contributed by atoms with Crippen LogP contribution in [0.15, 0.2) is 12.3 Å². The number of hydrazine groups is 1. The molecule has 0 spiro atoms. The molecule has 0 aliphatic rings. The maximum Gasteiger partial charge on any atom is 0.329 e. The SMILES string of the molecule is NNC=CC(=O)O. The number of hydrogen-bond acceptors (Lipinski definition) is 3. The number of carboxylic acids is 1. The van der Waals surface area contributed by atoms with E-state index in [9.17, 15) is 4.79 Å². The van der Waals surface area contributed by atoms with Crippen molar-refractivity contribution >= 4 is 5.97 Å². The fraction of sp³-hybridized carbons (Fsp3) is 0. The molecule has 0 amide bonds. The highest BCUT2D eigenvalue weighted by molar-refractivity contribution is 5.79. The van der Waals surface area contributed by atoms with E-state index in [1.807, 2.05) is 5.43 Å². The van der Waals surface area contributed by atoms with Gasteiger partial charge >= 0.3 is 5.97 Å². The van der Waals surface area contributed by atoms with Crippen LogP contribution in [-0.2, 0) is 4.79 Å². The van der Waals surface area contributed by atoms with E-state index in [1.165, 1.54) is 0 Å². The van der Waals surface area contributed by atoms with Crippen LogP contribution in [0.3, 0.4) is 0 Å². The van der Waals surface area contributed by atoms with Gasteiger partial charge in [0.2, 0.25) is 0 Å². The summed E-state index contributed by atoms with van der Waals surface area (Å²) in [5.41, 5.74) is 2.04. The Hall–Kier alpha value is -1.03. The number of carboxylic acid groups (broad SMARTS) is 1. The summed E-state index contributed by atoms with van der Waals surface area (Å²) < 4.78 is 0. The van der Waals surface area contributed by atoms with Crippen molar-refractivity contribution < 1.29 is 9.90 Å². The van der Waals surface area contributed by atoms with Gasteiger partial charge in [-0.3, -0.25) is 5.84 Å². The molecule has 0 aliphatic heterocycles. The van der Waals surface area contributed by atoms with Gasteiger partial charge in [0.05, 0.1) is 0 Å². The van der Waals surface area contributed by atoms with Crippen molar-refractivity contribution in [1.82, 2.24) is 5.43 Å². The van der Waals surface area contributed by atoms with Crippen molar-refractivity contribution in [2.75, 3.05) is 0 Å². The Morgan fingerprint density at radius 2 is 2.43 bits per heavy atom. The summed E-state index contributed by atoms with van der Waals surface area (Å²) in [6.45, 7) is 0. The lowest BCUT2D eigenvalue weighted by Crippen LogP contribution is -2.13. The van der Waals surface area contributed by atoms with Crippen molar-refractivity contribution in [2.24, 2.45) is 5.84 Å². The van der Waals surface area contributed by atoms with Crippen LogP contribution in [0.1, 0.15) is 0 Å². The van der Waals surface area contributed by atoms with Crippen molar-refractivity contribution in [3.63, 3.8) is 0 Å². The molecule has 4 nitrogen and oxygen atoms in total. The van der Waals surface area contributed by atoms with E-state index in [0.717, 1.165) is 12.3 Å². The van der Waals surface area contributed by atoms with Gasteiger partial charge in [0.1, 0.15) is 0 Å². The molecule has 0 fully saturated rings. The van der Waals surface area contributed by atoms with E-state index in [-0.39, 0.29) is 0 Å². The predicted molar refractivity (Wildman–Crippen MR) is 24.1 cm³/mol. The number of rotatable bonds is 2. The Bertz CT molecular complexity index is 88.9. The van der Waals surface area contributed by atoms with Gasteiger partial charge in [0.25, 0.3) is 0 Å². The summed E-state index contributed by atoms with van der Waals surface area (Å²) in [5, 5.41) is 7.86. The minimum Gasteiger partial charge on any atom is -0.478 e. The molecule has 0 saturated heterocycles. The molecule has 4 heteroatoms. The molecular formula is C3H6N2O2. The van der Waals surface area contributed by atoms with Crippen LogP contribution in [0.25, 0.3) is 0 Å². The van der Waals surface area contributed by atoms with E-state index >= 15 is 0 Å². The lowest BCUT2D eigenvalue weighted by molar-refractivity contribution is -0.131. The summed E-state index contributed by atoms with van der Waals surface area (Å²) >= 11 is 0. The molecule has 0 rings (SSSR count). The molecule has 0 saturated carbocycles. The van der Waals surface area contributed by atoms with Crippen LogP contribution < -0.4 is 11.3 Å². The van der Waals surface area contributed by atoms with E-state index in [2.05, 4.69) is 5.84 Å². The monoisotopic (exact) mass is 102 g/mol.